The Kier molecular flexibility index (Phi) is 7.69. The average molecular weight is 794 g/mol. The lowest BCUT2D eigenvalue weighted by atomic mass is 9.66. The van der Waals surface area contributed by atoms with E-state index in [0.717, 1.165) is 39.6 Å². The van der Waals surface area contributed by atoms with Gasteiger partial charge in [-0.25, -0.2) is 4.99 Å². The molecule has 10 aromatic carbocycles. The maximum atomic E-state index is 6.82. The first-order chi connectivity index (χ1) is 30.7. The number of nitrogens with one attached hydrogen (secondary N) is 2. The summed E-state index contributed by atoms with van der Waals surface area (Å²) in [5, 5.41) is 15.3. The van der Waals surface area contributed by atoms with E-state index in [4.69, 9.17) is 9.73 Å². The molecular formula is C58H39N3O. The van der Waals surface area contributed by atoms with Crippen molar-refractivity contribution >= 4 is 38.2 Å². The molecule has 13 rings (SSSR count). The lowest BCUT2D eigenvalue weighted by Gasteiger charge is -2.40. The van der Waals surface area contributed by atoms with Crippen LogP contribution in [-0.4, -0.2) is 5.84 Å². The Bertz CT molecular complexity index is 3420. The van der Waals surface area contributed by atoms with E-state index < -0.39 is 5.41 Å². The zero-order chi connectivity index (χ0) is 40.8. The molecule has 0 bridgehead atoms. The van der Waals surface area contributed by atoms with Gasteiger partial charge in [0.25, 0.3) is 0 Å². The number of ether oxygens (including phenoxy) is 1. The van der Waals surface area contributed by atoms with Gasteiger partial charge in [-0.1, -0.05) is 182 Å². The van der Waals surface area contributed by atoms with E-state index in [1.807, 2.05) is 0 Å². The first kappa shape index (κ1) is 35.0. The minimum absolute atomic E-state index is 0.286. The van der Waals surface area contributed by atoms with Crippen molar-refractivity contribution in [2.45, 2.75) is 17.7 Å². The summed E-state index contributed by atoms with van der Waals surface area (Å²) < 4.78 is 6.82. The summed E-state index contributed by atoms with van der Waals surface area (Å²) in [4.78, 5) is 5.56. The topological polar surface area (TPSA) is 45.6 Å². The van der Waals surface area contributed by atoms with Crippen LogP contribution in [0.4, 0.5) is 0 Å². The molecule has 0 aromatic heterocycles. The van der Waals surface area contributed by atoms with Gasteiger partial charge in [0.1, 0.15) is 29.7 Å². The van der Waals surface area contributed by atoms with Gasteiger partial charge in [0.05, 0.1) is 5.41 Å². The predicted octanol–water partition coefficient (Wildman–Crippen LogP) is 13.6. The van der Waals surface area contributed by atoms with Crippen molar-refractivity contribution < 1.29 is 4.74 Å². The molecule has 0 fully saturated rings. The molecular weight excluding hydrogens is 755 g/mol. The monoisotopic (exact) mass is 793 g/mol. The number of nitrogens with zero attached hydrogens (tertiary/aromatic N) is 1. The fourth-order valence-corrected chi connectivity index (χ4v) is 10.7. The number of hydrogen-bond acceptors (Lipinski definition) is 4. The third-order valence-electron chi connectivity index (χ3n) is 13.4. The summed E-state index contributed by atoms with van der Waals surface area (Å²) in [6.45, 7) is 0. The standard InChI is InChI=1S/C58H39N3O/c1-2-14-36(15-3-1)37-26-28-39(29-27-37)55-59-56(61-57(60-55)54-43-19-7-5-17-40(43)34-47-42-18-6-4-16-38(42)30-32-46(47)54)41-31-33-53-51(35-41)58(50-24-12-13-25-52(50)62-53)48-22-10-8-20-44(48)45-21-9-11-23-49(45)58/h1-35,55,57,60H,(H,59,61). The Morgan fingerprint density at radius 3 is 1.82 bits per heavy atom. The van der Waals surface area contributed by atoms with Gasteiger partial charge in [0, 0.05) is 22.3 Å². The molecule has 2 atom stereocenters. The van der Waals surface area contributed by atoms with E-state index in [2.05, 4.69) is 223 Å². The second-order valence-electron chi connectivity index (χ2n) is 16.7. The second kappa shape index (κ2) is 13.6. The highest BCUT2D eigenvalue weighted by atomic mass is 16.5. The second-order valence-corrected chi connectivity index (χ2v) is 16.7. The quantitative estimate of drug-likeness (QED) is 0.138. The van der Waals surface area contributed by atoms with Crippen LogP contribution in [0.25, 0.3) is 54.6 Å². The minimum atomic E-state index is -0.584. The smallest absolute Gasteiger partial charge is 0.132 e. The summed E-state index contributed by atoms with van der Waals surface area (Å²) in [7, 11) is 0. The molecule has 292 valence electrons. The molecule has 10 aromatic rings. The van der Waals surface area contributed by atoms with Crippen molar-refractivity contribution in [2.24, 2.45) is 4.99 Å². The molecule has 3 aliphatic rings. The first-order valence-corrected chi connectivity index (χ1v) is 21.4. The number of fused-ring (bicyclic) bond motifs is 13. The fourth-order valence-electron chi connectivity index (χ4n) is 10.7. The van der Waals surface area contributed by atoms with Crippen LogP contribution in [-0.2, 0) is 5.41 Å². The van der Waals surface area contributed by atoms with Crippen molar-refractivity contribution in [2.75, 3.05) is 0 Å². The maximum absolute atomic E-state index is 6.82. The van der Waals surface area contributed by atoms with Gasteiger partial charge in [-0.3, -0.25) is 5.32 Å². The summed E-state index contributed by atoms with van der Waals surface area (Å²) in [6.07, 6.45) is -0.628. The van der Waals surface area contributed by atoms with Gasteiger partial charge in [-0.15, -0.1) is 0 Å². The third kappa shape index (κ3) is 5.14. The number of benzene rings is 10. The van der Waals surface area contributed by atoms with Crippen molar-refractivity contribution in [3.8, 4) is 33.8 Å². The number of hydrogen-bond donors (Lipinski definition) is 2. The predicted molar refractivity (Wildman–Crippen MR) is 253 cm³/mol. The van der Waals surface area contributed by atoms with Crippen molar-refractivity contribution in [1.82, 2.24) is 10.6 Å². The third-order valence-corrected chi connectivity index (χ3v) is 13.4. The molecule has 1 spiro atoms. The minimum Gasteiger partial charge on any atom is -0.457 e. The average Bonchev–Trinajstić information content (AvgIpc) is 3.64. The summed E-state index contributed by atoms with van der Waals surface area (Å²) in [5.74, 6) is 2.56. The summed E-state index contributed by atoms with van der Waals surface area (Å²) >= 11 is 0. The Morgan fingerprint density at radius 1 is 0.419 bits per heavy atom. The number of rotatable bonds is 4. The SMILES string of the molecule is c1ccc(-c2ccc(C3N=C(c4ccc5c(c4)C4(c6ccccc6O5)c5ccccc5-c5ccccc54)NC(c4c5ccccc5cc5c4ccc4ccccc45)N3)cc2)cc1. The summed E-state index contributed by atoms with van der Waals surface area (Å²) in [5.41, 5.74) is 12.4. The molecule has 4 heteroatoms. The van der Waals surface area contributed by atoms with E-state index in [-0.39, 0.29) is 12.3 Å². The van der Waals surface area contributed by atoms with Crippen molar-refractivity contribution in [3.63, 3.8) is 0 Å². The lowest BCUT2D eigenvalue weighted by Crippen LogP contribution is -2.45. The Labute approximate surface area is 359 Å². The van der Waals surface area contributed by atoms with Crippen molar-refractivity contribution in [3.05, 3.63) is 251 Å². The van der Waals surface area contributed by atoms with E-state index in [1.165, 1.54) is 71.3 Å². The highest BCUT2D eigenvalue weighted by Gasteiger charge is 2.51. The van der Waals surface area contributed by atoms with Crippen LogP contribution in [0.2, 0.25) is 0 Å². The van der Waals surface area contributed by atoms with E-state index in [1.54, 1.807) is 0 Å². The zero-order valence-corrected chi connectivity index (χ0v) is 33.7. The first-order valence-electron chi connectivity index (χ1n) is 21.4. The Morgan fingerprint density at radius 2 is 1.03 bits per heavy atom. The van der Waals surface area contributed by atoms with Crippen LogP contribution in [0, 0.1) is 0 Å². The molecule has 62 heavy (non-hydrogen) atoms. The van der Waals surface area contributed by atoms with Gasteiger partial charge >= 0.3 is 0 Å². The largest absolute Gasteiger partial charge is 0.457 e. The van der Waals surface area contributed by atoms with Gasteiger partial charge in [0.15, 0.2) is 0 Å². The molecule has 2 heterocycles. The molecule has 0 saturated carbocycles. The molecule has 1 aliphatic carbocycles. The number of amidine groups is 1. The van der Waals surface area contributed by atoms with Crippen molar-refractivity contribution in [1.29, 1.82) is 0 Å². The van der Waals surface area contributed by atoms with Gasteiger partial charge in [-0.05, 0) is 102 Å². The Hall–Kier alpha value is -7.79. The zero-order valence-electron chi connectivity index (χ0n) is 33.7. The molecule has 2 aliphatic heterocycles. The van der Waals surface area contributed by atoms with Gasteiger partial charge in [-0.2, -0.15) is 0 Å². The van der Waals surface area contributed by atoms with Crippen LogP contribution in [0.1, 0.15) is 51.3 Å². The molecule has 0 amide bonds. The molecule has 0 radical (unpaired) electrons. The molecule has 0 saturated heterocycles. The van der Waals surface area contributed by atoms with E-state index in [0.29, 0.717) is 0 Å². The number of aliphatic imine (C=N–C) groups is 1. The van der Waals surface area contributed by atoms with Crippen LogP contribution >= 0.6 is 0 Å². The summed E-state index contributed by atoms with van der Waals surface area (Å²) in [6, 6.07) is 76.8. The van der Waals surface area contributed by atoms with E-state index in [9.17, 15) is 0 Å². The molecule has 4 nitrogen and oxygen atoms in total. The fraction of sp³-hybridized carbons (Fsp3) is 0.0517. The van der Waals surface area contributed by atoms with Crippen LogP contribution < -0.4 is 15.4 Å². The van der Waals surface area contributed by atoms with Crippen LogP contribution in [0.5, 0.6) is 11.5 Å². The van der Waals surface area contributed by atoms with E-state index >= 15 is 0 Å². The van der Waals surface area contributed by atoms with Gasteiger partial charge < -0.3 is 10.1 Å². The van der Waals surface area contributed by atoms with Crippen LogP contribution in [0.15, 0.2) is 217 Å². The molecule has 2 N–H and O–H groups in total. The highest BCUT2D eigenvalue weighted by Crippen LogP contribution is 2.62. The highest BCUT2D eigenvalue weighted by molar-refractivity contribution is 6.14. The maximum Gasteiger partial charge on any atom is 0.132 e. The van der Waals surface area contributed by atoms with Gasteiger partial charge in [0.2, 0.25) is 0 Å². The lowest BCUT2D eigenvalue weighted by molar-refractivity contribution is 0.412. The normalized spacial score (nSPS) is 16.8. The Balaban J connectivity index is 1.02. The van der Waals surface area contributed by atoms with Crippen LogP contribution in [0.3, 0.4) is 0 Å². The molecule has 2 unspecified atom stereocenters. The number of para-hydroxylation sites is 1.